The second-order valence-corrected chi connectivity index (χ2v) is 5.51. The van der Waals surface area contributed by atoms with Crippen LogP contribution in [0.2, 0.25) is 0 Å². The predicted molar refractivity (Wildman–Crippen MR) is 78.8 cm³/mol. The molecule has 2 rings (SSSR count). The number of anilines is 1. The van der Waals surface area contributed by atoms with E-state index in [0.29, 0.717) is 18.9 Å². The van der Waals surface area contributed by atoms with E-state index in [-0.39, 0.29) is 5.91 Å². The molecular weight excluding hydrogens is 236 g/mol. The molecule has 1 amide bonds. The minimum atomic E-state index is 0.146. The van der Waals surface area contributed by atoms with Gasteiger partial charge in [0.1, 0.15) is 0 Å². The second-order valence-electron chi connectivity index (χ2n) is 5.51. The van der Waals surface area contributed by atoms with Gasteiger partial charge in [-0.25, -0.2) is 0 Å². The van der Waals surface area contributed by atoms with E-state index in [1.807, 2.05) is 24.3 Å². The highest BCUT2D eigenvalue weighted by Gasteiger charge is 2.16. The van der Waals surface area contributed by atoms with Crippen LogP contribution in [0.15, 0.2) is 24.3 Å². The summed E-state index contributed by atoms with van der Waals surface area (Å²) in [5, 5.41) is 2.98. The van der Waals surface area contributed by atoms with Crippen molar-refractivity contribution in [1.82, 2.24) is 0 Å². The van der Waals surface area contributed by atoms with E-state index in [9.17, 15) is 4.79 Å². The number of carbonyl (C=O) groups is 1. The van der Waals surface area contributed by atoms with Crippen LogP contribution in [0.1, 0.15) is 50.5 Å². The first-order valence-corrected chi connectivity index (χ1v) is 7.37. The maximum atomic E-state index is 12.0. The number of nitrogens with two attached hydrogens (primary N) is 1. The molecule has 104 valence electrons. The van der Waals surface area contributed by atoms with Crippen molar-refractivity contribution >= 4 is 11.6 Å². The van der Waals surface area contributed by atoms with Crippen molar-refractivity contribution in [3.63, 3.8) is 0 Å². The molecule has 0 bridgehead atoms. The van der Waals surface area contributed by atoms with Crippen molar-refractivity contribution in [2.24, 2.45) is 11.7 Å². The highest BCUT2D eigenvalue weighted by Crippen LogP contribution is 2.25. The van der Waals surface area contributed by atoms with Crippen LogP contribution >= 0.6 is 0 Å². The second kappa shape index (κ2) is 7.29. The summed E-state index contributed by atoms with van der Waals surface area (Å²) in [6.07, 6.45) is 8.31. The van der Waals surface area contributed by atoms with Gasteiger partial charge in [0.05, 0.1) is 0 Å². The number of benzene rings is 1. The average Bonchev–Trinajstić information content (AvgIpc) is 2.68. The quantitative estimate of drug-likeness (QED) is 0.815. The van der Waals surface area contributed by atoms with Gasteiger partial charge in [-0.05, 0) is 36.5 Å². The van der Waals surface area contributed by atoms with Crippen LogP contribution in [0.3, 0.4) is 0 Å². The summed E-state index contributed by atoms with van der Waals surface area (Å²) in [5.41, 5.74) is 7.51. The molecule has 0 atom stereocenters. The van der Waals surface area contributed by atoms with Gasteiger partial charge in [-0.2, -0.15) is 0 Å². The normalized spacial score (nSPS) is 16.9. The molecule has 1 saturated carbocycles. The van der Waals surface area contributed by atoms with Crippen molar-refractivity contribution in [2.75, 3.05) is 5.32 Å². The van der Waals surface area contributed by atoms with E-state index >= 15 is 0 Å². The highest BCUT2D eigenvalue weighted by atomic mass is 16.1. The van der Waals surface area contributed by atoms with Crippen molar-refractivity contribution in [2.45, 2.75) is 51.5 Å². The van der Waals surface area contributed by atoms with Crippen LogP contribution in [0.25, 0.3) is 0 Å². The van der Waals surface area contributed by atoms with E-state index in [1.165, 1.54) is 38.5 Å². The van der Waals surface area contributed by atoms with Gasteiger partial charge in [0, 0.05) is 18.7 Å². The summed E-state index contributed by atoms with van der Waals surface area (Å²) in [4.78, 5) is 12.0. The van der Waals surface area contributed by atoms with E-state index in [1.54, 1.807) is 0 Å². The molecule has 0 unspecified atom stereocenters. The van der Waals surface area contributed by atoms with Crippen molar-refractivity contribution in [3.8, 4) is 0 Å². The molecule has 0 aromatic heterocycles. The molecule has 3 heteroatoms. The standard InChI is InChI=1S/C16H24N2O/c17-12-14-7-9-15(10-8-14)18-16(19)11-13-5-3-1-2-4-6-13/h7-10,13H,1-6,11-12,17H2,(H,18,19). The van der Waals surface area contributed by atoms with Crippen molar-refractivity contribution < 1.29 is 4.79 Å². The molecule has 1 aliphatic rings. The lowest BCUT2D eigenvalue weighted by Crippen LogP contribution is -2.16. The maximum absolute atomic E-state index is 12.0. The maximum Gasteiger partial charge on any atom is 0.224 e. The highest BCUT2D eigenvalue weighted by molar-refractivity contribution is 5.90. The number of hydrogen-bond donors (Lipinski definition) is 2. The lowest BCUT2D eigenvalue weighted by molar-refractivity contribution is -0.117. The Kier molecular flexibility index (Phi) is 5.40. The zero-order valence-corrected chi connectivity index (χ0v) is 11.5. The summed E-state index contributed by atoms with van der Waals surface area (Å²) in [6, 6.07) is 7.77. The first kappa shape index (κ1) is 14.1. The van der Waals surface area contributed by atoms with Crippen molar-refractivity contribution in [1.29, 1.82) is 0 Å². The van der Waals surface area contributed by atoms with Crippen LogP contribution in [-0.4, -0.2) is 5.91 Å². The number of rotatable bonds is 4. The summed E-state index contributed by atoms with van der Waals surface area (Å²) in [5.74, 6) is 0.721. The lowest BCUT2D eigenvalue weighted by Gasteiger charge is -2.13. The van der Waals surface area contributed by atoms with Crippen LogP contribution < -0.4 is 11.1 Å². The van der Waals surface area contributed by atoms with Crippen molar-refractivity contribution in [3.05, 3.63) is 29.8 Å². The lowest BCUT2D eigenvalue weighted by atomic mass is 9.96. The van der Waals surface area contributed by atoms with E-state index in [0.717, 1.165) is 11.3 Å². The molecule has 3 nitrogen and oxygen atoms in total. The molecule has 0 aliphatic heterocycles. The fourth-order valence-corrected chi connectivity index (χ4v) is 2.77. The Balaban J connectivity index is 1.82. The minimum absolute atomic E-state index is 0.146. The molecule has 1 aliphatic carbocycles. The summed E-state index contributed by atoms with van der Waals surface area (Å²) in [6.45, 7) is 0.538. The zero-order valence-electron chi connectivity index (χ0n) is 11.5. The molecule has 0 heterocycles. The first-order valence-electron chi connectivity index (χ1n) is 7.37. The Bertz CT molecular complexity index is 392. The molecule has 0 spiro atoms. The molecule has 0 radical (unpaired) electrons. The summed E-state index contributed by atoms with van der Waals surface area (Å²) >= 11 is 0. The molecule has 3 N–H and O–H groups in total. The molecule has 1 aromatic rings. The smallest absolute Gasteiger partial charge is 0.224 e. The van der Waals surface area contributed by atoms with Crippen LogP contribution in [0.4, 0.5) is 5.69 Å². The molecular formula is C16H24N2O. The molecule has 1 aromatic carbocycles. The Labute approximate surface area is 115 Å². The van der Waals surface area contributed by atoms with Gasteiger partial charge >= 0.3 is 0 Å². The monoisotopic (exact) mass is 260 g/mol. The summed E-state index contributed by atoms with van der Waals surface area (Å²) in [7, 11) is 0. The van der Waals surface area contributed by atoms with E-state index in [4.69, 9.17) is 5.73 Å². The van der Waals surface area contributed by atoms with Crippen LogP contribution in [0, 0.1) is 5.92 Å². The SMILES string of the molecule is NCc1ccc(NC(=O)CC2CCCCCC2)cc1. The number of carbonyl (C=O) groups excluding carboxylic acids is 1. The van der Waals surface area contributed by atoms with Crippen LogP contribution in [-0.2, 0) is 11.3 Å². The molecule has 19 heavy (non-hydrogen) atoms. The largest absolute Gasteiger partial charge is 0.326 e. The minimum Gasteiger partial charge on any atom is -0.326 e. The Morgan fingerprint density at radius 1 is 1.11 bits per heavy atom. The van der Waals surface area contributed by atoms with Gasteiger partial charge in [0.2, 0.25) is 5.91 Å². The van der Waals surface area contributed by atoms with E-state index < -0.39 is 0 Å². The fraction of sp³-hybridized carbons (Fsp3) is 0.562. The van der Waals surface area contributed by atoms with Gasteiger partial charge in [-0.15, -0.1) is 0 Å². The van der Waals surface area contributed by atoms with Gasteiger partial charge < -0.3 is 11.1 Å². The first-order chi connectivity index (χ1) is 9.28. The number of amides is 1. The number of hydrogen-bond acceptors (Lipinski definition) is 2. The average molecular weight is 260 g/mol. The van der Waals surface area contributed by atoms with E-state index in [2.05, 4.69) is 5.32 Å². The third-order valence-electron chi connectivity index (χ3n) is 3.92. The van der Waals surface area contributed by atoms with Gasteiger partial charge in [-0.1, -0.05) is 37.8 Å². The third-order valence-corrected chi connectivity index (χ3v) is 3.92. The third kappa shape index (κ3) is 4.67. The van der Waals surface area contributed by atoms with Crippen LogP contribution in [0.5, 0.6) is 0 Å². The molecule has 1 fully saturated rings. The van der Waals surface area contributed by atoms with Gasteiger partial charge in [0.15, 0.2) is 0 Å². The Morgan fingerprint density at radius 3 is 2.32 bits per heavy atom. The predicted octanol–water partition coefficient (Wildman–Crippen LogP) is 3.44. The fourth-order valence-electron chi connectivity index (χ4n) is 2.77. The summed E-state index contributed by atoms with van der Waals surface area (Å²) < 4.78 is 0. The van der Waals surface area contributed by atoms with Gasteiger partial charge in [0.25, 0.3) is 0 Å². The Morgan fingerprint density at radius 2 is 1.74 bits per heavy atom. The number of nitrogens with one attached hydrogen (secondary N) is 1. The zero-order chi connectivity index (χ0) is 13.5. The topological polar surface area (TPSA) is 55.1 Å². The molecule has 0 saturated heterocycles. The van der Waals surface area contributed by atoms with Gasteiger partial charge in [-0.3, -0.25) is 4.79 Å². The Hall–Kier alpha value is -1.35.